The maximum absolute atomic E-state index is 14.5. The molecular weight excluding hydrogens is 485 g/mol. The van der Waals surface area contributed by atoms with Crippen molar-refractivity contribution >= 4 is 11.8 Å². The molecule has 0 bridgehead atoms. The van der Waals surface area contributed by atoms with Crippen molar-refractivity contribution in [2.45, 2.75) is 70.9 Å². The number of carboxylic acids is 1. The Labute approximate surface area is 224 Å². The summed E-state index contributed by atoms with van der Waals surface area (Å²) in [6.45, 7) is 7.57. The standard InChI is InChI=1S/C30H40FN3O4/c1-19(2)21-14-25-26(15-22(31)16-27(25)38-18-21)28(30(35)36)34-12-10-24(17-34)37-13-4-3-7-23-9-8-20-6-5-11-32-29(20)33-23/h8-9,15-16,19,21,24,28H,3-7,10-14,17-18H2,1-2H3,(H,32,33)(H,35,36)/t21-,24+,28-/m0/s1. The van der Waals surface area contributed by atoms with E-state index in [9.17, 15) is 14.3 Å². The van der Waals surface area contributed by atoms with Crippen LogP contribution in [0.1, 0.15) is 68.0 Å². The number of fused-ring (bicyclic) bond motifs is 2. The van der Waals surface area contributed by atoms with Crippen LogP contribution < -0.4 is 10.1 Å². The molecule has 1 saturated heterocycles. The van der Waals surface area contributed by atoms with Crippen LogP contribution in [0, 0.1) is 17.7 Å². The zero-order valence-electron chi connectivity index (χ0n) is 22.5. The maximum atomic E-state index is 14.5. The zero-order valence-corrected chi connectivity index (χ0v) is 22.5. The number of hydrogen-bond acceptors (Lipinski definition) is 6. The number of carbonyl (C=O) groups is 1. The van der Waals surface area contributed by atoms with Crippen molar-refractivity contribution in [3.8, 4) is 5.75 Å². The number of nitrogens with zero attached hydrogens (tertiary/aromatic N) is 2. The minimum atomic E-state index is -0.961. The Morgan fingerprint density at radius 2 is 2.18 bits per heavy atom. The van der Waals surface area contributed by atoms with Gasteiger partial charge in [0, 0.05) is 43.6 Å². The summed E-state index contributed by atoms with van der Waals surface area (Å²) in [5, 5.41) is 13.6. The van der Waals surface area contributed by atoms with Gasteiger partial charge in [0.05, 0.1) is 12.7 Å². The fourth-order valence-corrected chi connectivity index (χ4v) is 5.95. The molecule has 206 valence electrons. The molecule has 8 heteroatoms. The monoisotopic (exact) mass is 525 g/mol. The number of nitrogens with one attached hydrogen (secondary N) is 1. The number of aryl methyl sites for hydroxylation is 2. The van der Waals surface area contributed by atoms with E-state index in [1.54, 1.807) is 0 Å². The lowest BCUT2D eigenvalue weighted by atomic mass is 9.84. The van der Waals surface area contributed by atoms with Gasteiger partial charge in [0.2, 0.25) is 0 Å². The molecule has 1 fully saturated rings. The number of likely N-dealkylation sites (tertiary alicyclic amines) is 1. The van der Waals surface area contributed by atoms with Crippen molar-refractivity contribution in [1.82, 2.24) is 9.88 Å². The number of anilines is 1. The first-order valence-corrected chi connectivity index (χ1v) is 14.1. The molecule has 2 N–H and O–H groups in total. The first-order chi connectivity index (χ1) is 18.4. The highest BCUT2D eigenvalue weighted by molar-refractivity contribution is 5.77. The Bertz CT molecular complexity index is 1140. The van der Waals surface area contributed by atoms with Crippen LogP contribution in [0.4, 0.5) is 10.2 Å². The normalized spacial score (nSPS) is 21.9. The number of ether oxygens (including phenoxy) is 2. The number of aliphatic carboxylic acids is 1. The van der Waals surface area contributed by atoms with Crippen LogP contribution in [0.15, 0.2) is 24.3 Å². The Kier molecular flexibility index (Phi) is 8.48. The largest absolute Gasteiger partial charge is 0.493 e. The van der Waals surface area contributed by atoms with Gasteiger partial charge in [0.1, 0.15) is 23.4 Å². The summed E-state index contributed by atoms with van der Waals surface area (Å²) in [5.41, 5.74) is 3.76. The summed E-state index contributed by atoms with van der Waals surface area (Å²) in [4.78, 5) is 19.2. The predicted octanol–water partition coefficient (Wildman–Crippen LogP) is 5.03. The van der Waals surface area contributed by atoms with Crippen molar-refractivity contribution in [2.75, 3.05) is 38.2 Å². The van der Waals surface area contributed by atoms with Crippen LogP contribution in [0.3, 0.4) is 0 Å². The van der Waals surface area contributed by atoms with Gasteiger partial charge in [-0.05, 0) is 80.0 Å². The van der Waals surface area contributed by atoms with Crippen LogP contribution in [0.5, 0.6) is 5.75 Å². The van der Waals surface area contributed by atoms with Crippen molar-refractivity contribution in [3.63, 3.8) is 0 Å². The van der Waals surface area contributed by atoms with E-state index in [0.717, 1.165) is 62.1 Å². The number of halogens is 1. The second-order valence-electron chi connectivity index (χ2n) is 11.3. The minimum Gasteiger partial charge on any atom is -0.493 e. The number of benzene rings is 1. The van der Waals surface area contributed by atoms with E-state index in [4.69, 9.17) is 14.5 Å². The molecule has 3 aliphatic rings. The molecule has 0 radical (unpaired) electrons. The van der Waals surface area contributed by atoms with Crippen LogP contribution in [-0.2, 0) is 28.8 Å². The van der Waals surface area contributed by atoms with Crippen LogP contribution >= 0.6 is 0 Å². The topological polar surface area (TPSA) is 83.9 Å². The number of aromatic nitrogens is 1. The van der Waals surface area contributed by atoms with Gasteiger partial charge in [-0.3, -0.25) is 9.69 Å². The summed E-state index contributed by atoms with van der Waals surface area (Å²) in [6.07, 6.45) is 6.54. The number of hydrogen-bond donors (Lipinski definition) is 2. The second-order valence-corrected chi connectivity index (χ2v) is 11.3. The zero-order chi connectivity index (χ0) is 26.6. The number of rotatable bonds is 10. The molecule has 0 aliphatic carbocycles. The van der Waals surface area contributed by atoms with Crippen LogP contribution in [0.2, 0.25) is 0 Å². The molecule has 1 aromatic carbocycles. The molecule has 0 spiro atoms. The number of carboxylic acid groups (broad SMARTS) is 1. The molecule has 0 amide bonds. The molecular formula is C30H40FN3O4. The third-order valence-electron chi connectivity index (χ3n) is 8.27. The van der Waals surface area contributed by atoms with E-state index in [1.807, 2.05) is 4.90 Å². The van der Waals surface area contributed by atoms with Crippen LogP contribution in [-0.4, -0.2) is 59.9 Å². The number of pyridine rings is 1. The molecule has 0 saturated carbocycles. The molecule has 38 heavy (non-hydrogen) atoms. The summed E-state index contributed by atoms with van der Waals surface area (Å²) < 4.78 is 26.5. The third-order valence-corrected chi connectivity index (χ3v) is 8.27. The molecule has 0 unspecified atom stereocenters. The van der Waals surface area contributed by atoms with Gasteiger partial charge >= 0.3 is 5.97 Å². The SMILES string of the molecule is CC(C)[C@@H]1COc2cc(F)cc([C@@H](C(=O)O)N3CC[C@@H](OCCCCc4ccc5c(n4)NCCC5)C3)c2C1. The third kappa shape index (κ3) is 6.12. The van der Waals surface area contributed by atoms with Crippen molar-refractivity contribution in [3.05, 3.63) is 52.5 Å². The van der Waals surface area contributed by atoms with Gasteiger partial charge in [-0.2, -0.15) is 0 Å². The summed E-state index contributed by atoms with van der Waals surface area (Å²) in [7, 11) is 0. The maximum Gasteiger partial charge on any atom is 0.325 e. The molecule has 7 nitrogen and oxygen atoms in total. The fraction of sp³-hybridized carbons (Fsp3) is 0.600. The Morgan fingerprint density at radius 3 is 3.00 bits per heavy atom. The molecule has 3 atom stereocenters. The quantitative estimate of drug-likeness (QED) is 0.421. The van der Waals surface area contributed by atoms with Gasteiger partial charge in [-0.1, -0.05) is 19.9 Å². The van der Waals surface area contributed by atoms with Gasteiger partial charge < -0.3 is 19.9 Å². The highest BCUT2D eigenvalue weighted by Gasteiger charge is 2.37. The van der Waals surface area contributed by atoms with Crippen molar-refractivity contribution in [2.24, 2.45) is 11.8 Å². The highest BCUT2D eigenvalue weighted by Crippen LogP contribution is 2.39. The first-order valence-electron chi connectivity index (χ1n) is 14.1. The number of unbranched alkanes of at least 4 members (excludes halogenated alkanes) is 1. The van der Waals surface area contributed by atoms with Crippen molar-refractivity contribution < 1.29 is 23.8 Å². The molecule has 2 aromatic rings. The van der Waals surface area contributed by atoms with E-state index in [2.05, 4.69) is 31.3 Å². The fourth-order valence-electron chi connectivity index (χ4n) is 5.95. The average Bonchev–Trinajstić information content (AvgIpc) is 3.36. The second kappa shape index (κ2) is 12.0. The molecule has 3 aliphatic heterocycles. The predicted molar refractivity (Wildman–Crippen MR) is 144 cm³/mol. The smallest absolute Gasteiger partial charge is 0.325 e. The highest BCUT2D eigenvalue weighted by atomic mass is 19.1. The lowest BCUT2D eigenvalue weighted by Crippen LogP contribution is -2.35. The average molecular weight is 526 g/mol. The van der Waals surface area contributed by atoms with E-state index < -0.39 is 17.8 Å². The Hall–Kier alpha value is -2.71. The molecule has 5 rings (SSSR count). The van der Waals surface area contributed by atoms with Gasteiger partial charge in [0.25, 0.3) is 0 Å². The van der Waals surface area contributed by atoms with Crippen LogP contribution in [0.25, 0.3) is 0 Å². The van der Waals surface area contributed by atoms with Gasteiger partial charge in [-0.15, -0.1) is 0 Å². The molecule has 4 heterocycles. The minimum absolute atomic E-state index is 0.0213. The Morgan fingerprint density at radius 1 is 1.32 bits per heavy atom. The lowest BCUT2D eigenvalue weighted by molar-refractivity contribution is -0.143. The van der Waals surface area contributed by atoms with Gasteiger partial charge in [-0.25, -0.2) is 9.37 Å². The summed E-state index contributed by atoms with van der Waals surface area (Å²) >= 11 is 0. The van der Waals surface area contributed by atoms with Crippen molar-refractivity contribution in [1.29, 1.82) is 0 Å². The van der Waals surface area contributed by atoms with E-state index in [1.165, 1.54) is 17.7 Å². The lowest BCUT2D eigenvalue weighted by Gasteiger charge is -2.33. The molecule has 1 aromatic heterocycles. The summed E-state index contributed by atoms with van der Waals surface area (Å²) in [5.74, 6) is 0.785. The van der Waals surface area contributed by atoms with E-state index in [-0.39, 0.29) is 12.0 Å². The van der Waals surface area contributed by atoms with E-state index >= 15 is 0 Å². The van der Waals surface area contributed by atoms with E-state index in [0.29, 0.717) is 50.0 Å². The Balaban J connectivity index is 1.15. The van der Waals surface area contributed by atoms with Gasteiger partial charge in [0.15, 0.2) is 0 Å². The summed E-state index contributed by atoms with van der Waals surface area (Å²) in [6, 6.07) is 6.19. The first kappa shape index (κ1) is 26.9.